The third-order valence-electron chi connectivity index (χ3n) is 4.07. The van der Waals surface area contributed by atoms with E-state index < -0.39 is 0 Å². The minimum atomic E-state index is -0.282. The Morgan fingerprint density at radius 2 is 2.04 bits per heavy atom. The zero-order chi connectivity index (χ0) is 18.1. The van der Waals surface area contributed by atoms with Crippen LogP contribution in [-0.4, -0.2) is 20.7 Å². The molecule has 0 aliphatic carbocycles. The maximum atomic E-state index is 12.7. The van der Waals surface area contributed by atoms with Gasteiger partial charge < -0.3 is 9.84 Å². The largest absolute Gasteiger partial charge is 0.360 e. The molecule has 1 aromatic carbocycles. The zero-order valence-electron chi connectivity index (χ0n) is 13.9. The molecule has 26 heavy (non-hydrogen) atoms. The Morgan fingerprint density at radius 1 is 1.23 bits per heavy atom. The van der Waals surface area contributed by atoms with E-state index in [-0.39, 0.29) is 5.91 Å². The fourth-order valence-corrected chi connectivity index (χ4v) is 3.04. The number of benzene rings is 1. The first-order valence-corrected chi connectivity index (χ1v) is 8.44. The normalized spacial score (nSPS) is 11.0. The van der Waals surface area contributed by atoms with Crippen LogP contribution in [0.4, 0.5) is 0 Å². The molecule has 130 valence electrons. The van der Waals surface area contributed by atoms with Crippen LogP contribution >= 0.6 is 11.6 Å². The van der Waals surface area contributed by atoms with Crippen molar-refractivity contribution in [2.75, 3.05) is 0 Å². The fraction of sp³-hybridized carbons (Fsp3) is 0.105. The monoisotopic (exact) mass is 366 g/mol. The van der Waals surface area contributed by atoms with E-state index in [9.17, 15) is 4.79 Å². The highest BCUT2D eigenvalue weighted by molar-refractivity contribution is 6.33. The van der Waals surface area contributed by atoms with Crippen molar-refractivity contribution < 1.29 is 9.32 Å². The lowest BCUT2D eigenvalue weighted by Crippen LogP contribution is -2.24. The molecule has 0 radical (unpaired) electrons. The number of pyridine rings is 1. The zero-order valence-corrected chi connectivity index (χ0v) is 14.7. The summed E-state index contributed by atoms with van der Waals surface area (Å²) in [5.74, 6) is 0.156. The van der Waals surface area contributed by atoms with E-state index in [0.717, 1.165) is 11.2 Å². The van der Waals surface area contributed by atoms with E-state index in [1.54, 1.807) is 23.6 Å². The van der Waals surface area contributed by atoms with Gasteiger partial charge in [-0.3, -0.25) is 4.79 Å². The Hall–Kier alpha value is -3.12. The van der Waals surface area contributed by atoms with Crippen molar-refractivity contribution >= 4 is 23.0 Å². The highest BCUT2D eigenvalue weighted by Crippen LogP contribution is 2.30. The molecule has 0 atom stereocenters. The van der Waals surface area contributed by atoms with Crippen molar-refractivity contribution in [1.82, 2.24) is 20.1 Å². The van der Waals surface area contributed by atoms with Crippen LogP contribution in [0.25, 0.3) is 16.8 Å². The Morgan fingerprint density at radius 3 is 2.85 bits per heavy atom. The number of carbonyl (C=O) groups excluding carboxylic acids is 1. The van der Waals surface area contributed by atoms with Crippen molar-refractivity contribution in [2.45, 2.75) is 13.5 Å². The summed E-state index contributed by atoms with van der Waals surface area (Å²) in [5.41, 5.74) is 3.19. The maximum absolute atomic E-state index is 12.7. The van der Waals surface area contributed by atoms with Gasteiger partial charge >= 0.3 is 0 Å². The molecule has 4 aromatic rings. The van der Waals surface area contributed by atoms with Crippen molar-refractivity contribution in [3.8, 4) is 11.3 Å². The van der Waals surface area contributed by atoms with Gasteiger partial charge in [-0.05, 0) is 31.2 Å². The molecule has 0 aliphatic heterocycles. The summed E-state index contributed by atoms with van der Waals surface area (Å²) in [5, 5.41) is 11.8. The molecule has 4 rings (SSSR count). The molecule has 3 aromatic heterocycles. The molecule has 0 bridgehead atoms. The summed E-state index contributed by atoms with van der Waals surface area (Å²) in [6.07, 6.45) is 1.86. The third-order valence-corrected chi connectivity index (χ3v) is 4.40. The van der Waals surface area contributed by atoms with Crippen LogP contribution in [0, 0.1) is 6.92 Å². The molecule has 0 spiro atoms. The summed E-state index contributed by atoms with van der Waals surface area (Å²) >= 11 is 6.24. The highest BCUT2D eigenvalue weighted by Gasteiger charge is 2.23. The summed E-state index contributed by atoms with van der Waals surface area (Å²) in [6, 6.07) is 14.9. The number of hydrogen-bond acceptors (Lipinski definition) is 4. The average Bonchev–Trinajstić information content (AvgIpc) is 3.23. The number of aromatic nitrogens is 3. The van der Waals surface area contributed by atoms with Gasteiger partial charge in [-0.1, -0.05) is 41.0 Å². The number of nitrogens with zero attached hydrogens (tertiary/aromatic N) is 3. The van der Waals surface area contributed by atoms with Crippen LogP contribution < -0.4 is 5.32 Å². The van der Waals surface area contributed by atoms with Gasteiger partial charge in [0.1, 0.15) is 17.0 Å². The summed E-state index contributed by atoms with van der Waals surface area (Å²) in [4.78, 5) is 12.7. The molecular formula is C19H15ClN4O2. The highest BCUT2D eigenvalue weighted by atomic mass is 35.5. The number of aryl methyl sites for hydroxylation is 1. The third kappa shape index (κ3) is 2.95. The molecule has 1 amide bonds. The molecule has 1 N–H and O–H groups in total. The predicted molar refractivity (Wildman–Crippen MR) is 98.0 cm³/mol. The number of nitrogens with one attached hydrogen (secondary N) is 1. The number of amides is 1. The van der Waals surface area contributed by atoms with Gasteiger partial charge in [0.25, 0.3) is 5.91 Å². The van der Waals surface area contributed by atoms with Crippen LogP contribution in [0.1, 0.15) is 21.8 Å². The first-order valence-electron chi connectivity index (χ1n) is 8.06. The van der Waals surface area contributed by atoms with E-state index in [1.807, 2.05) is 42.6 Å². The van der Waals surface area contributed by atoms with Gasteiger partial charge in [-0.15, -0.1) is 0 Å². The Labute approximate surface area is 154 Å². The van der Waals surface area contributed by atoms with Gasteiger partial charge in [-0.25, -0.2) is 4.52 Å². The van der Waals surface area contributed by atoms with E-state index in [2.05, 4.69) is 15.6 Å². The average molecular weight is 367 g/mol. The van der Waals surface area contributed by atoms with E-state index in [1.165, 1.54) is 0 Å². The number of hydrogen-bond donors (Lipinski definition) is 1. The molecule has 0 saturated heterocycles. The fourth-order valence-electron chi connectivity index (χ4n) is 2.81. The standard InChI is InChI=1S/C19H15ClN4O2/c1-12-17(18(23-26-12)15-7-2-3-8-16(15)20)19(25)21-11-13-10-14-6-4-5-9-24(14)22-13/h2-10H,11H2,1H3,(H,21,25). The topological polar surface area (TPSA) is 72.4 Å². The molecule has 0 unspecified atom stereocenters. The van der Waals surface area contributed by atoms with Gasteiger partial charge in [-0.2, -0.15) is 5.10 Å². The maximum Gasteiger partial charge on any atom is 0.257 e. The molecular weight excluding hydrogens is 352 g/mol. The van der Waals surface area contributed by atoms with Gasteiger partial charge in [0.05, 0.1) is 22.8 Å². The summed E-state index contributed by atoms with van der Waals surface area (Å²) in [7, 11) is 0. The van der Waals surface area contributed by atoms with Crippen LogP contribution in [0.15, 0.2) is 59.3 Å². The van der Waals surface area contributed by atoms with Gasteiger partial charge in [0.2, 0.25) is 0 Å². The summed E-state index contributed by atoms with van der Waals surface area (Å²) in [6.45, 7) is 2.00. The van der Waals surface area contributed by atoms with Crippen molar-refractivity contribution in [3.05, 3.63) is 76.8 Å². The molecule has 0 fully saturated rings. The van der Waals surface area contributed by atoms with Crippen LogP contribution in [0.3, 0.4) is 0 Å². The second-order valence-corrected chi connectivity index (χ2v) is 6.24. The van der Waals surface area contributed by atoms with Crippen molar-refractivity contribution in [3.63, 3.8) is 0 Å². The lowest BCUT2D eigenvalue weighted by atomic mass is 10.1. The van der Waals surface area contributed by atoms with Crippen LogP contribution in [0.5, 0.6) is 0 Å². The minimum Gasteiger partial charge on any atom is -0.360 e. The number of carbonyl (C=O) groups is 1. The first kappa shape index (κ1) is 16.4. The first-order chi connectivity index (χ1) is 12.6. The lowest BCUT2D eigenvalue weighted by Gasteiger charge is -2.05. The predicted octanol–water partition coefficient (Wildman–Crippen LogP) is 3.88. The molecule has 0 aliphatic rings. The van der Waals surface area contributed by atoms with E-state index in [0.29, 0.717) is 34.1 Å². The van der Waals surface area contributed by atoms with E-state index >= 15 is 0 Å². The van der Waals surface area contributed by atoms with E-state index in [4.69, 9.17) is 16.1 Å². The minimum absolute atomic E-state index is 0.282. The molecule has 0 saturated carbocycles. The Kier molecular flexibility index (Phi) is 4.18. The van der Waals surface area contributed by atoms with Crippen molar-refractivity contribution in [1.29, 1.82) is 0 Å². The second kappa shape index (κ2) is 6.65. The van der Waals surface area contributed by atoms with Gasteiger partial charge in [0, 0.05) is 11.8 Å². The van der Waals surface area contributed by atoms with Gasteiger partial charge in [0.15, 0.2) is 0 Å². The Balaban J connectivity index is 1.59. The lowest BCUT2D eigenvalue weighted by molar-refractivity contribution is 0.0949. The van der Waals surface area contributed by atoms with Crippen molar-refractivity contribution in [2.24, 2.45) is 0 Å². The van der Waals surface area contributed by atoms with Crippen LogP contribution in [-0.2, 0) is 6.54 Å². The number of fused-ring (bicyclic) bond motifs is 1. The summed E-state index contributed by atoms with van der Waals surface area (Å²) < 4.78 is 7.00. The Bertz CT molecular complexity index is 1070. The smallest absolute Gasteiger partial charge is 0.257 e. The number of halogens is 1. The SMILES string of the molecule is Cc1onc(-c2ccccc2Cl)c1C(=O)NCc1cc2ccccn2n1. The molecule has 6 nitrogen and oxygen atoms in total. The van der Waals surface area contributed by atoms with Crippen LogP contribution in [0.2, 0.25) is 5.02 Å². The number of rotatable bonds is 4. The molecule has 3 heterocycles. The second-order valence-electron chi connectivity index (χ2n) is 5.83. The quantitative estimate of drug-likeness (QED) is 0.595. The molecule has 7 heteroatoms.